The zero-order chi connectivity index (χ0) is 16.6. The van der Waals surface area contributed by atoms with Crippen LogP contribution in [0.2, 0.25) is 0 Å². The molecular formula is C17H17N5O2. The van der Waals surface area contributed by atoms with Gasteiger partial charge in [0.25, 0.3) is 0 Å². The first-order valence-corrected chi connectivity index (χ1v) is 7.47. The Morgan fingerprint density at radius 2 is 1.83 bits per heavy atom. The fourth-order valence-corrected chi connectivity index (χ4v) is 2.01. The minimum atomic E-state index is 0.267. The van der Waals surface area contributed by atoms with Gasteiger partial charge in [0, 0.05) is 0 Å². The zero-order valence-corrected chi connectivity index (χ0v) is 13.2. The summed E-state index contributed by atoms with van der Waals surface area (Å²) in [6.45, 7) is 2.62. The number of tetrazole rings is 1. The molecule has 1 heterocycles. The molecule has 7 heteroatoms. The highest BCUT2D eigenvalue weighted by atomic mass is 16.6. The summed E-state index contributed by atoms with van der Waals surface area (Å²) in [7, 11) is 0. The Balaban J connectivity index is 1.53. The van der Waals surface area contributed by atoms with Gasteiger partial charge in [0.05, 0.1) is 5.71 Å². The van der Waals surface area contributed by atoms with Gasteiger partial charge in [-0.3, -0.25) is 0 Å². The molecule has 0 amide bonds. The molecule has 2 aromatic carbocycles. The first-order valence-electron chi connectivity index (χ1n) is 7.47. The quantitative estimate of drug-likeness (QED) is 0.534. The van der Waals surface area contributed by atoms with Crippen molar-refractivity contribution in [2.45, 2.75) is 20.1 Å². The Bertz CT molecular complexity index is 771. The van der Waals surface area contributed by atoms with E-state index in [4.69, 9.17) is 9.57 Å². The Morgan fingerprint density at radius 1 is 1.04 bits per heavy atom. The number of hydrogen-bond acceptors (Lipinski definition) is 6. The molecule has 0 radical (unpaired) electrons. The summed E-state index contributed by atoms with van der Waals surface area (Å²) >= 11 is 0. The highest BCUT2D eigenvalue weighted by Crippen LogP contribution is 2.14. The van der Waals surface area contributed by atoms with Crippen molar-refractivity contribution in [3.05, 3.63) is 71.5 Å². The van der Waals surface area contributed by atoms with Crippen molar-refractivity contribution in [2.75, 3.05) is 0 Å². The van der Waals surface area contributed by atoms with Crippen molar-refractivity contribution in [2.24, 2.45) is 5.16 Å². The summed E-state index contributed by atoms with van der Waals surface area (Å²) in [5.74, 6) is 1.23. The summed E-state index contributed by atoms with van der Waals surface area (Å²) in [5.41, 5.74) is 2.85. The number of benzene rings is 2. The standard InChI is InChI=1S/C17H17N5O2/c1-13(20-24-11-14-5-3-2-4-6-14)15-7-9-16(10-8-15)23-12-17-18-21-22-19-17/h2-10H,11-12H2,1H3,(H,18,19,21,22). The van der Waals surface area contributed by atoms with Gasteiger partial charge in [0.2, 0.25) is 5.82 Å². The topological polar surface area (TPSA) is 85.3 Å². The molecule has 3 rings (SSSR count). The van der Waals surface area contributed by atoms with E-state index in [1.807, 2.05) is 61.5 Å². The molecular weight excluding hydrogens is 306 g/mol. The number of rotatable bonds is 7. The summed E-state index contributed by atoms with van der Waals surface area (Å²) in [4.78, 5) is 5.39. The largest absolute Gasteiger partial charge is 0.485 e. The lowest BCUT2D eigenvalue weighted by Gasteiger charge is -2.05. The van der Waals surface area contributed by atoms with Crippen LogP contribution in [0, 0.1) is 0 Å². The van der Waals surface area contributed by atoms with E-state index in [0.717, 1.165) is 22.6 Å². The molecule has 0 aliphatic rings. The number of oxime groups is 1. The van der Waals surface area contributed by atoms with E-state index >= 15 is 0 Å². The number of aromatic nitrogens is 4. The van der Waals surface area contributed by atoms with E-state index in [0.29, 0.717) is 12.4 Å². The van der Waals surface area contributed by atoms with Crippen LogP contribution in [0.5, 0.6) is 5.75 Å². The van der Waals surface area contributed by atoms with Crippen molar-refractivity contribution in [3.8, 4) is 5.75 Å². The van der Waals surface area contributed by atoms with E-state index in [1.54, 1.807) is 0 Å². The van der Waals surface area contributed by atoms with Crippen molar-refractivity contribution >= 4 is 5.71 Å². The van der Waals surface area contributed by atoms with Crippen LogP contribution >= 0.6 is 0 Å². The summed E-state index contributed by atoms with van der Waals surface area (Å²) < 4.78 is 5.57. The average molecular weight is 323 g/mol. The molecule has 7 nitrogen and oxygen atoms in total. The van der Waals surface area contributed by atoms with Gasteiger partial charge in [0.1, 0.15) is 12.4 Å². The van der Waals surface area contributed by atoms with Crippen LogP contribution in [0.3, 0.4) is 0 Å². The number of nitrogens with one attached hydrogen (secondary N) is 1. The molecule has 0 atom stereocenters. The molecule has 0 aliphatic heterocycles. The normalized spacial score (nSPS) is 11.3. The highest BCUT2D eigenvalue weighted by Gasteiger charge is 2.02. The maximum absolute atomic E-state index is 5.57. The second-order valence-electron chi connectivity index (χ2n) is 5.08. The van der Waals surface area contributed by atoms with Gasteiger partial charge in [-0.2, -0.15) is 5.21 Å². The second kappa shape index (κ2) is 7.87. The molecule has 0 bridgehead atoms. The minimum Gasteiger partial charge on any atom is -0.485 e. The molecule has 3 aromatic rings. The fraction of sp³-hybridized carbons (Fsp3) is 0.176. The molecule has 0 unspecified atom stereocenters. The molecule has 1 aromatic heterocycles. The third-order valence-corrected chi connectivity index (χ3v) is 3.30. The molecule has 0 fully saturated rings. The Labute approximate surface area is 139 Å². The van der Waals surface area contributed by atoms with Gasteiger partial charge in [-0.05, 0) is 42.3 Å². The molecule has 0 saturated heterocycles. The zero-order valence-electron chi connectivity index (χ0n) is 13.2. The number of hydrogen-bond donors (Lipinski definition) is 1. The van der Waals surface area contributed by atoms with Crippen molar-refractivity contribution in [3.63, 3.8) is 0 Å². The van der Waals surface area contributed by atoms with Crippen LogP contribution < -0.4 is 4.74 Å². The predicted molar refractivity (Wildman–Crippen MR) is 88.4 cm³/mol. The lowest BCUT2D eigenvalue weighted by atomic mass is 10.1. The third kappa shape index (κ3) is 4.39. The Kier molecular flexibility index (Phi) is 5.14. The van der Waals surface area contributed by atoms with Gasteiger partial charge in [0.15, 0.2) is 6.61 Å². The summed E-state index contributed by atoms with van der Waals surface area (Å²) in [6.07, 6.45) is 0. The summed E-state index contributed by atoms with van der Waals surface area (Å²) in [5, 5.41) is 17.7. The van der Waals surface area contributed by atoms with E-state index < -0.39 is 0 Å². The Morgan fingerprint density at radius 3 is 2.54 bits per heavy atom. The van der Waals surface area contributed by atoms with Gasteiger partial charge < -0.3 is 9.57 Å². The van der Waals surface area contributed by atoms with E-state index in [1.165, 1.54) is 0 Å². The Hall–Kier alpha value is -3.22. The predicted octanol–water partition coefficient (Wildman–Crippen LogP) is 2.72. The van der Waals surface area contributed by atoms with Crippen LogP contribution in [0.1, 0.15) is 23.9 Å². The van der Waals surface area contributed by atoms with E-state index in [2.05, 4.69) is 25.8 Å². The minimum absolute atomic E-state index is 0.267. The maximum Gasteiger partial charge on any atom is 0.211 e. The monoisotopic (exact) mass is 323 g/mol. The first kappa shape index (κ1) is 15.7. The van der Waals surface area contributed by atoms with Gasteiger partial charge in [-0.25, -0.2) is 0 Å². The van der Waals surface area contributed by atoms with Crippen molar-refractivity contribution in [1.29, 1.82) is 0 Å². The molecule has 122 valence electrons. The fourth-order valence-electron chi connectivity index (χ4n) is 2.01. The highest BCUT2D eigenvalue weighted by molar-refractivity contribution is 5.98. The molecule has 1 N–H and O–H groups in total. The van der Waals surface area contributed by atoms with Gasteiger partial charge in [-0.1, -0.05) is 40.7 Å². The van der Waals surface area contributed by atoms with Crippen LogP contribution in [-0.2, 0) is 18.1 Å². The van der Waals surface area contributed by atoms with Crippen LogP contribution in [0.25, 0.3) is 0 Å². The van der Waals surface area contributed by atoms with Gasteiger partial charge in [-0.15, -0.1) is 10.2 Å². The lowest BCUT2D eigenvalue weighted by molar-refractivity contribution is 0.130. The second-order valence-corrected chi connectivity index (χ2v) is 5.08. The molecule has 24 heavy (non-hydrogen) atoms. The number of H-pyrrole nitrogens is 1. The van der Waals surface area contributed by atoms with E-state index in [9.17, 15) is 0 Å². The lowest BCUT2D eigenvalue weighted by Crippen LogP contribution is -1.99. The maximum atomic E-state index is 5.57. The van der Waals surface area contributed by atoms with Crippen molar-refractivity contribution < 1.29 is 9.57 Å². The smallest absolute Gasteiger partial charge is 0.211 e. The van der Waals surface area contributed by atoms with Gasteiger partial charge >= 0.3 is 0 Å². The van der Waals surface area contributed by atoms with Crippen LogP contribution in [-0.4, -0.2) is 26.3 Å². The van der Waals surface area contributed by atoms with Crippen LogP contribution in [0.4, 0.5) is 0 Å². The SMILES string of the molecule is CC(=NOCc1ccccc1)c1ccc(OCc2nn[nH]n2)cc1. The molecule has 0 saturated carbocycles. The van der Waals surface area contributed by atoms with E-state index in [-0.39, 0.29) is 6.61 Å². The number of aromatic amines is 1. The van der Waals surface area contributed by atoms with Crippen molar-refractivity contribution in [1.82, 2.24) is 20.6 Å². The molecule has 0 aliphatic carbocycles. The van der Waals surface area contributed by atoms with Crippen LogP contribution in [0.15, 0.2) is 59.8 Å². The average Bonchev–Trinajstić information content (AvgIpc) is 3.15. The number of ether oxygens (including phenoxy) is 1. The molecule has 0 spiro atoms. The third-order valence-electron chi connectivity index (χ3n) is 3.30. The first-order chi connectivity index (χ1) is 11.8. The number of nitrogens with zero attached hydrogens (tertiary/aromatic N) is 4. The summed E-state index contributed by atoms with van der Waals surface area (Å²) in [6, 6.07) is 17.5.